The Kier molecular flexibility index (Phi) is 6.33. The van der Waals surface area contributed by atoms with Gasteiger partial charge < -0.3 is 14.5 Å². The third-order valence-corrected chi connectivity index (χ3v) is 6.72. The minimum Gasteiger partial charge on any atom is -0.438 e. The van der Waals surface area contributed by atoms with Crippen LogP contribution in [-0.4, -0.2) is 56.1 Å². The molecule has 4 rings (SSSR count). The molecule has 2 aliphatic heterocycles. The molecule has 0 N–H and O–H groups in total. The van der Waals surface area contributed by atoms with Crippen LogP contribution < -0.4 is 5.46 Å². The van der Waals surface area contributed by atoms with E-state index in [1.807, 2.05) is 39.0 Å². The van der Waals surface area contributed by atoms with Crippen molar-refractivity contribution in [2.45, 2.75) is 44.0 Å². The molecule has 31 heavy (non-hydrogen) atoms. The molecular weight excluding hydrogens is 397 g/mol. The van der Waals surface area contributed by atoms with Crippen LogP contribution in [-0.2, 0) is 10.3 Å². The number of rotatable bonds is 6. The number of carbonyl (C=O) groups is 1. The molecule has 0 saturated carbocycles. The summed E-state index contributed by atoms with van der Waals surface area (Å²) in [6.45, 7) is 4.31. The highest BCUT2D eigenvalue weighted by Gasteiger charge is 2.44. The Morgan fingerprint density at radius 1 is 1.16 bits per heavy atom. The van der Waals surface area contributed by atoms with E-state index in [9.17, 15) is 13.6 Å². The largest absolute Gasteiger partial charge is 0.438 e. The first kappa shape index (κ1) is 21.8. The average Bonchev–Trinajstić information content (AvgIpc) is 3.18. The molecule has 2 aromatic rings. The summed E-state index contributed by atoms with van der Waals surface area (Å²) >= 11 is 0. The van der Waals surface area contributed by atoms with Crippen LogP contribution in [0.3, 0.4) is 0 Å². The third-order valence-electron chi connectivity index (χ3n) is 6.72. The van der Waals surface area contributed by atoms with Gasteiger partial charge in [-0.05, 0) is 36.6 Å². The van der Waals surface area contributed by atoms with Crippen LogP contribution in [0.25, 0.3) is 0 Å². The number of likely N-dealkylation sites (tertiary alicyclic amines) is 1. The van der Waals surface area contributed by atoms with Gasteiger partial charge in [0.1, 0.15) is 25.4 Å². The van der Waals surface area contributed by atoms with Crippen molar-refractivity contribution in [3.05, 3.63) is 65.5 Å². The average molecular weight is 426 g/mol. The lowest BCUT2D eigenvalue weighted by atomic mass is 9.85. The van der Waals surface area contributed by atoms with Gasteiger partial charge in [0, 0.05) is 39.0 Å². The molecule has 2 heterocycles. The predicted octanol–water partition coefficient (Wildman–Crippen LogP) is 3.32. The highest BCUT2D eigenvalue weighted by atomic mass is 19.1. The second kappa shape index (κ2) is 8.99. The summed E-state index contributed by atoms with van der Waals surface area (Å²) in [5.41, 5.74) is 2.19. The quantitative estimate of drug-likeness (QED) is 0.665. The van der Waals surface area contributed by atoms with Crippen molar-refractivity contribution in [2.75, 3.05) is 26.2 Å². The maximum Gasteiger partial charge on any atom is 0.411 e. The van der Waals surface area contributed by atoms with E-state index in [2.05, 4.69) is 4.90 Å². The standard InChI is InChI=1S/C24H29BF2N2O2/c1-17(18-2-6-20(25)7-3-18)29-15-12-24(31-23(29)30,19-4-8-21(26)9-5-19)11-14-28-13-10-22(27)16-28/h2-9,17,22H,10-16,25H2,1H3/t17-,22-,24+/m0/s1. The number of benzene rings is 2. The monoisotopic (exact) mass is 426 g/mol. The minimum atomic E-state index is -0.831. The van der Waals surface area contributed by atoms with Crippen molar-refractivity contribution in [2.24, 2.45) is 0 Å². The normalized spacial score (nSPS) is 25.5. The predicted molar refractivity (Wildman–Crippen MR) is 119 cm³/mol. The Morgan fingerprint density at radius 3 is 2.48 bits per heavy atom. The van der Waals surface area contributed by atoms with Crippen LogP contribution in [0.2, 0.25) is 0 Å². The van der Waals surface area contributed by atoms with Crippen molar-refractivity contribution in [1.29, 1.82) is 0 Å². The zero-order chi connectivity index (χ0) is 22.0. The van der Waals surface area contributed by atoms with E-state index >= 15 is 0 Å². The van der Waals surface area contributed by atoms with Gasteiger partial charge >= 0.3 is 6.09 Å². The first-order valence-electron chi connectivity index (χ1n) is 11.0. The van der Waals surface area contributed by atoms with Gasteiger partial charge in [-0.2, -0.15) is 0 Å². The van der Waals surface area contributed by atoms with E-state index < -0.39 is 11.8 Å². The Morgan fingerprint density at radius 2 is 1.87 bits per heavy atom. The van der Waals surface area contributed by atoms with Gasteiger partial charge in [-0.3, -0.25) is 0 Å². The molecule has 2 fully saturated rings. The fourth-order valence-corrected chi connectivity index (χ4v) is 4.65. The molecule has 2 saturated heterocycles. The zero-order valence-corrected chi connectivity index (χ0v) is 18.2. The van der Waals surface area contributed by atoms with Crippen molar-refractivity contribution in [3.8, 4) is 0 Å². The third kappa shape index (κ3) is 4.76. The number of cyclic esters (lactones) is 1. The van der Waals surface area contributed by atoms with E-state index in [1.165, 1.54) is 17.6 Å². The summed E-state index contributed by atoms with van der Waals surface area (Å²) in [7, 11) is 2.03. The Bertz CT molecular complexity index is 909. The Balaban J connectivity index is 1.53. The Labute approximate surface area is 183 Å². The highest BCUT2D eigenvalue weighted by molar-refractivity contribution is 6.32. The van der Waals surface area contributed by atoms with Gasteiger partial charge in [0.15, 0.2) is 0 Å². The number of alkyl halides is 1. The van der Waals surface area contributed by atoms with E-state index in [0.29, 0.717) is 45.4 Å². The van der Waals surface area contributed by atoms with E-state index in [1.54, 1.807) is 17.0 Å². The van der Waals surface area contributed by atoms with Crippen LogP contribution in [0.1, 0.15) is 43.4 Å². The van der Waals surface area contributed by atoms with Crippen LogP contribution in [0.5, 0.6) is 0 Å². The second-order valence-corrected chi connectivity index (χ2v) is 8.84. The number of hydrogen-bond acceptors (Lipinski definition) is 3. The maximum atomic E-state index is 13.6. The molecule has 1 amide bonds. The molecule has 0 bridgehead atoms. The number of hydrogen-bond donors (Lipinski definition) is 0. The number of halogens is 2. The Hall–Kier alpha value is -2.41. The van der Waals surface area contributed by atoms with Crippen molar-refractivity contribution in [3.63, 3.8) is 0 Å². The number of nitrogens with zero attached hydrogens (tertiary/aromatic N) is 2. The lowest BCUT2D eigenvalue weighted by molar-refractivity contribution is -0.0687. The molecule has 0 radical (unpaired) electrons. The fourth-order valence-electron chi connectivity index (χ4n) is 4.65. The molecule has 164 valence electrons. The van der Waals surface area contributed by atoms with Gasteiger partial charge in [0.05, 0.1) is 6.04 Å². The molecule has 2 aliphatic rings. The molecule has 4 nitrogen and oxygen atoms in total. The van der Waals surface area contributed by atoms with E-state index in [0.717, 1.165) is 11.1 Å². The van der Waals surface area contributed by atoms with Gasteiger partial charge in [0.25, 0.3) is 0 Å². The van der Waals surface area contributed by atoms with Crippen molar-refractivity contribution < 1.29 is 18.3 Å². The number of ether oxygens (including phenoxy) is 1. The van der Waals surface area contributed by atoms with Crippen LogP contribution in [0.15, 0.2) is 48.5 Å². The minimum absolute atomic E-state index is 0.106. The number of amides is 1. The lowest BCUT2D eigenvalue weighted by Crippen LogP contribution is -2.49. The van der Waals surface area contributed by atoms with Gasteiger partial charge in [-0.25, -0.2) is 13.6 Å². The van der Waals surface area contributed by atoms with Gasteiger partial charge in [-0.15, -0.1) is 0 Å². The summed E-state index contributed by atoms with van der Waals surface area (Å²) < 4.78 is 33.3. The van der Waals surface area contributed by atoms with Crippen LogP contribution in [0.4, 0.5) is 13.6 Å². The summed E-state index contributed by atoms with van der Waals surface area (Å²) in [6, 6.07) is 14.2. The molecule has 3 atom stereocenters. The molecule has 0 unspecified atom stereocenters. The topological polar surface area (TPSA) is 32.8 Å². The van der Waals surface area contributed by atoms with Crippen LogP contribution in [0, 0.1) is 5.82 Å². The summed E-state index contributed by atoms with van der Waals surface area (Å²) in [6.07, 6.45) is 0.553. The van der Waals surface area contributed by atoms with E-state index in [-0.39, 0.29) is 18.0 Å². The fraction of sp³-hybridized carbons (Fsp3) is 0.458. The molecule has 0 aromatic heterocycles. The molecule has 2 aromatic carbocycles. The van der Waals surface area contributed by atoms with Gasteiger partial charge in [0.2, 0.25) is 0 Å². The summed E-state index contributed by atoms with van der Waals surface area (Å²) in [4.78, 5) is 17.0. The van der Waals surface area contributed by atoms with Gasteiger partial charge in [-0.1, -0.05) is 41.9 Å². The molecular formula is C24H29BF2N2O2. The zero-order valence-electron chi connectivity index (χ0n) is 18.2. The SMILES string of the molecule is Bc1ccc([C@H](C)N2CC[C@](CCN3CC[C@H](F)C3)(c3ccc(F)cc3)OC2=O)cc1. The molecule has 7 heteroatoms. The molecule has 0 spiro atoms. The highest BCUT2D eigenvalue weighted by Crippen LogP contribution is 2.40. The second-order valence-electron chi connectivity index (χ2n) is 8.84. The maximum absolute atomic E-state index is 13.6. The summed E-state index contributed by atoms with van der Waals surface area (Å²) in [5.74, 6) is -0.324. The first-order chi connectivity index (χ1) is 14.9. The lowest BCUT2D eigenvalue weighted by Gasteiger charge is -2.44. The summed E-state index contributed by atoms with van der Waals surface area (Å²) in [5, 5.41) is 0. The number of carbonyl (C=O) groups excluding carboxylic acids is 1. The van der Waals surface area contributed by atoms with Crippen molar-refractivity contribution in [1.82, 2.24) is 9.80 Å². The van der Waals surface area contributed by atoms with Crippen molar-refractivity contribution >= 4 is 19.4 Å². The first-order valence-corrected chi connectivity index (χ1v) is 11.0. The van der Waals surface area contributed by atoms with Crippen LogP contribution >= 0.6 is 0 Å². The van der Waals surface area contributed by atoms with E-state index in [4.69, 9.17) is 4.74 Å². The molecule has 0 aliphatic carbocycles. The smallest absolute Gasteiger partial charge is 0.411 e.